The summed E-state index contributed by atoms with van der Waals surface area (Å²) in [7, 11) is 0. The first kappa shape index (κ1) is 12.5. The van der Waals surface area contributed by atoms with Gasteiger partial charge in [-0.1, -0.05) is 6.92 Å². The molecule has 0 saturated carbocycles. The fourth-order valence-corrected chi connectivity index (χ4v) is 1.19. The Morgan fingerprint density at radius 2 is 2.00 bits per heavy atom. The third-order valence-electron chi connectivity index (χ3n) is 1.94. The van der Waals surface area contributed by atoms with Gasteiger partial charge in [-0.25, -0.2) is 4.39 Å². The van der Waals surface area contributed by atoms with Gasteiger partial charge in [-0.05, 0) is 37.6 Å². The molecule has 0 unspecified atom stereocenters. The molecule has 0 N–H and O–H groups in total. The Hall–Kier alpha value is -1.60. The molecule has 86 valence electrons. The van der Waals surface area contributed by atoms with E-state index in [9.17, 15) is 8.78 Å². The maximum atomic E-state index is 13.5. The molecule has 0 aliphatic carbocycles. The van der Waals surface area contributed by atoms with Crippen LogP contribution in [0.2, 0.25) is 0 Å². The van der Waals surface area contributed by atoms with Crippen LogP contribution in [0.4, 0.5) is 8.78 Å². The molecule has 0 amide bonds. The molecular formula is C13H14F2O. The minimum atomic E-state index is -0.950. The summed E-state index contributed by atoms with van der Waals surface area (Å²) in [6.07, 6.45) is 3.96. The van der Waals surface area contributed by atoms with E-state index in [0.29, 0.717) is 6.61 Å². The number of ether oxygens (including phenoxy) is 1. The Labute approximate surface area is 94.1 Å². The van der Waals surface area contributed by atoms with Crippen LogP contribution in [-0.2, 0) is 0 Å². The standard InChI is InChI=1S/C13H14F2O/c1-3-5-6-7-10-8-9-11(16-4-2)13(15)12(10)14/h5,7-9H,3-4H2,1-2H3. The van der Waals surface area contributed by atoms with Crippen molar-refractivity contribution in [3.05, 3.63) is 41.1 Å². The zero-order chi connectivity index (χ0) is 12.0. The molecule has 1 rings (SSSR count). The van der Waals surface area contributed by atoms with Gasteiger partial charge in [0.1, 0.15) is 0 Å². The average Bonchev–Trinajstić information content (AvgIpc) is 2.28. The van der Waals surface area contributed by atoms with E-state index in [1.807, 2.05) is 6.92 Å². The second-order valence-electron chi connectivity index (χ2n) is 3.14. The lowest BCUT2D eigenvalue weighted by molar-refractivity contribution is 0.314. The van der Waals surface area contributed by atoms with Crippen molar-refractivity contribution in [3.63, 3.8) is 0 Å². The number of allylic oxidation sites excluding steroid dienone is 1. The topological polar surface area (TPSA) is 9.23 Å². The second kappa shape index (κ2) is 6.09. The van der Waals surface area contributed by atoms with Gasteiger partial charge < -0.3 is 4.74 Å². The van der Waals surface area contributed by atoms with Crippen molar-refractivity contribution in [1.29, 1.82) is 0 Å². The van der Waals surface area contributed by atoms with Crippen molar-refractivity contribution in [2.75, 3.05) is 6.61 Å². The lowest BCUT2D eigenvalue weighted by atomic mass is 10.2. The summed E-state index contributed by atoms with van der Waals surface area (Å²) in [6, 6.07) is 2.89. The van der Waals surface area contributed by atoms with Crippen LogP contribution in [-0.4, -0.2) is 6.61 Å². The minimum Gasteiger partial charge on any atom is -0.491 e. The summed E-state index contributed by atoms with van der Waals surface area (Å²) in [6.45, 7) is 3.96. The molecular weight excluding hydrogens is 210 g/mol. The van der Waals surface area contributed by atoms with Gasteiger partial charge in [-0.15, -0.1) is 5.73 Å². The SMILES string of the molecule is CCC=C=Cc1ccc(OCC)c(F)c1F. The molecule has 3 heteroatoms. The fraction of sp³-hybridized carbons (Fsp3) is 0.308. The van der Waals surface area contributed by atoms with Gasteiger partial charge in [-0.3, -0.25) is 0 Å². The molecule has 1 aromatic rings. The lowest BCUT2D eigenvalue weighted by Crippen LogP contribution is -1.98. The van der Waals surface area contributed by atoms with Crippen LogP contribution in [0.25, 0.3) is 6.08 Å². The molecule has 1 aromatic carbocycles. The predicted octanol–water partition coefficient (Wildman–Crippen LogP) is 3.94. The first-order chi connectivity index (χ1) is 7.70. The highest BCUT2D eigenvalue weighted by Gasteiger charge is 2.12. The zero-order valence-corrected chi connectivity index (χ0v) is 9.39. The third kappa shape index (κ3) is 2.94. The van der Waals surface area contributed by atoms with Crippen LogP contribution in [0, 0.1) is 11.6 Å². The van der Waals surface area contributed by atoms with E-state index in [-0.39, 0.29) is 11.3 Å². The maximum absolute atomic E-state index is 13.5. The summed E-state index contributed by atoms with van der Waals surface area (Å²) in [5, 5.41) is 0. The Morgan fingerprint density at radius 3 is 2.62 bits per heavy atom. The van der Waals surface area contributed by atoms with Crippen LogP contribution >= 0.6 is 0 Å². The number of rotatable bonds is 4. The summed E-state index contributed by atoms with van der Waals surface area (Å²) in [5.74, 6) is -1.91. The Kier molecular flexibility index (Phi) is 4.74. The van der Waals surface area contributed by atoms with Crippen molar-refractivity contribution in [2.45, 2.75) is 20.3 Å². The van der Waals surface area contributed by atoms with Gasteiger partial charge in [0.2, 0.25) is 5.82 Å². The van der Waals surface area contributed by atoms with Crippen LogP contribution in [0.1, 0.15) is 25.8 Å². The van der Waals surface area contributed by atoms with E-state index >= 15 is 0 Å². The molecule has 0 aromatic heterocycles. The summed E-state index contributed by atoms with van der Waals surface area (Å²) >= 11 is 0. The van der Waals surface area contributed by atoms with Gasteiger partial charge in [0.25, 0.3) is 0 Å². The van der Waals surface area contributed by atoms with Gasteiger partial charge in [-0.2, -0.15) is 4.39 Å². The molecule has 0 saturated heterocycles. The third-order valence-corrected chi connectivity index (χ3v) is 1.94. The van der Waals surface area contributed by atoms with Crippen molar-refractivity contribution in [3.8, 4) is 5.75 Å². The van der Waals surface area contributed by atoms with Crippen LogP contribution in [0.5, 0.6) is 5.75 Å². The first-order valence-electron chi connectivity index (χ1n) is 5.22. The van der Waals surface area contributed by atoms with Crippen molar-refractivity contribution in [1.82, 2.24) is 0 Å². The van der Waals surface area contributed by atoms with E-state index in [2.05, 4.69) is 5.73 Å². The van der Waals surface area contributed by atoms with E-state index in [1.54, 1.807) is 13.0 Å². The van der Waals surface area contributed by atoms with Crippen LogP contribution in [0.15, 0.2) is 23.9 Å². The van der Waals surface area contributed by atoms with E-state index < -0.39 is 11.6 Å². The zero-order valence-electron chi connectivity index (χ0n) is 9.39. The normalized spacial score (nSPS) is 9.50. The molecule has 0 radical (unpaired) electrons. The molecule has 1 nitrogen and oxygen atoms in total. The molecule has 0 bridgehead atoms. The minimum absolute atomic E-state index is 0.0587. The molecule has 0 fully saturated rings. The molecule has 0 heterocycles. The number of hydrogen-bond donors (Lipinski definition) is 0. The van der Waals surface area contributed by atoms with Gasteiger partial charge in [0.15, 0.2) is 11.6 Å². The second-order valence-corrected chi connectivity index (χ2v) is 3.14. The van der Waals surface area contributed by atoms with E-state index in [1.165, 1.54) is 18.2 Å². The van der Waals surface area contributed by atoms with E-state index in [4.69, 9.17) is 4.74 Å². The first-order valence-corrected chi connectivity index (χ1v) is 5.22. The van der Waals surface area contributed by atoms with Gasteiger partial charge >= 0.3 is 0 Å². The Bertz CT molecular complexity index is 418. The van der Waals surface area contributed by atoms with E-state index in [0.717, 1.165) is 6.42 Å². The predicted molar refractivity (Wildman–Crippen MR) is 60.4 cm³/mol. The van der Waals surface area contributed by atoms with Crippen molar-refractivity contribution < 1.29 is 13.5 Å². The summed E-state index contributed by atoms with van der Waals surface area (Å²) < 4.78 is 31.8. The molecule has 0 aliphatic heterocycles. The number of halogens is 2. The maximum Gasteiger partial charge on any atom is 0.201 e. The summed E-state index contributed by atoms with van der Waals surface area (Å²) in [5.41, 5.74) is 2.95. The largest absolute Gasteiger partial charge is 0.491 e. The summed E-state index contributed by atoms with van der Waals surface area (Å²) in [4.78, 5) is 0. The Morgan fingerprint density at radius 1 is 1.25 bits per heavy atom. The van der Waals surface area contributed by atoms with Crippen LogP contribution < -0.4 is 4.74 Å². The highest BCUT2D eigenvalue weighted by molar-refractivity contribution is 5.51. The number of hydrogen-bond acceptors (Lipinski definition) is 1. The van der Waals surface area contributed by atoms with Crippen LogP contribution in [0.3, 0.4) is 0 Å². The smallest absolute Gasteiger partial charge is 0.201 e. The quantitative estimate of drug-likeness (QED) is 0.704. The van der Waals surface area contributed by atoms with Crippen molar-refractivity contribution >= 4 is 6.08 Å². The highest BCUT2D eigenvalue weighted by Crippen LogP contribution is 2.23. The van der Waals surface area contributed by atoms with Gasteiger partial charge in [0, 0.05) is 5.56 Å². The number of benzene rings is 1. The lowest BCUT2D eigenvalue weighted by Gasteiger charge is -2.05. The molecule has 0 atom stereocenters. The molecule has 16 heavy (non-hydrogen) atoms. The molecule has 0 spiro atoms. The fourth-order valence-electron chi connectivity index (χ4n) is 1.19. The monoisotopic (exact) mass is 224 g/mol. The van der Waals surface area contributed by atoms with Crippen molar-refractivity contribution in [2.24, 2.45) is 0 Å². The highest BCUT2D eigenvalue weighted by atomic mass is 19.2. The average molecular weight is 224 g/mol. The molecule has 0 aliphatic rings. The van der Waals surface area contributed by atoms with Gasteiger partial charge in [0.05, 0.1) is 6.61 Å². The Balaban J connectivity index is 3.06.